The van der Waals surface area contributed by atoms with Gasteiger partial charge in [-0.15, -0.1) is 0 Å². The molecule has 0 saturated carbocycles. The molecule has 0 unspecified atom stereocenters. The van der Waals surface area contributed by atoms with E-state index in [1.165, 1.54) is 22.0 Å². The fourth-order valence-electron chi connectivity index (χ4n) is 3.99. The zero-order chi connectivity index (χ0) is 19.8. The third-order valence-electron chi connectivity index (χ3n) is 5.53. The second-order valence-electron chi connectivity index (χ2n) is 7.25. The van der Waals surface area contributed by atoms with E-state index in [0.717, 1.165) is 29.6 Å². The van der Waals surface area contributed by atoms with Crippen molar-refractivity contribution >= 4 is 22.7 Å². The quantitative estimate of drug-likeness (QED) is 0.428. The van der Waals surface area contributed by atoms with Crippen molar-refractivity contribution in [2.24, 2.45) is 0 Å². The number of aromatic nitrogens is 1. The van der Waals surface area contributed by atoms with Crippen molar-refractivity contribution in [1.82, 2.24) is 0 Å². The van der Waals surface area contributed by atoms with E-state index in [9.17, 15) is 0 Å². The van der Waals surface area contributed by atoms with Gasteiger partial charge in [-0.25, -0.2) is 0 Å². The molecule has 3 heteroatoms. The lowest BCUT2D eigenvalue weighted by Gasteiger charge is -2.12. The topological polar surface area (TPSA) is 16.4 Å². The Balaban J connectivity index is 1.54. The van der Waals surface area contributed by atoms with Crippen molar-refractivity contribution in [3.05, 3.63) is 96.5 Å². The summed E-state index contributed by atoms with van der Waals surface area (Å²) in [5, 5.41) is 1.24. The number of anilines is 1. The van der Waals surface area contributed by atoms with Gasteiger partial charge in [-0.05, 0) is 42.3 Å². The second kappa shape index (κ2) is 7.10. The monoisotopic (exact) mass is 379 g/mol. The first kappa shape index (κ1) is 17.5. The lowest BCUT2D eigenvalue weighted by molar-refractivity contribution is -0.669. The molecule has 0 radical (unpaired) electrons. The summed E-state index contributed by atoms with van der Waals surface area (Å²) in [6.07, 6.45) is 2.12. The first-order valence-corrected chi connectivity index (χ1v) is 9.99. The second-order valence-corrected chi connectivity index (χ2v) is 7.25. The van der Waals surface area contributed by atoms with Crippen LogP contribution in [-0.4, -0.2) is 7.05 Å². The van der Waals surface area contributed by atoms with Crippen LogP contribution in [0.3, 0.4) is 0 Å². The highest BCUT2D eigenvalue weighted by Gasteiger charge is 2.25. The van der Waals surface area contributed by atoms with Crippen LogP contribution >= 0.6 is 0 Å². The molecule has 0 aliphatic carbocycles. The van der Waals surface area contributed by atoms with Crippen LogP contribution in [0.2, 0.25) is 0 Å². The van der Waals surface area contributed by atoms with Crippen LogP contribution in [-0.2, 0) is 6.54 Å². The van der Waals surface area contributed by atoms with Gasteiger partial charge >= 0.3 is 0 Å². The summed E-state index contributed by atoms with van der Waals surface area (Å²) in [5.74, 6) is 1.73. The number of benzene rings is 3. The van der Waals surface area contributed by atoms with Gasteiger partial charge in [-0.3, -0.25) is 0 Å². The molecule has 0 N–H and O–H groups in total. The van der Waals surface area contributed by atoms with Crippen LogP contribution in [0.25, 0.3) is 28.1 Å². The molecular weight excluding hydrogens is 356 g/mol. The van der Waals surface area contributed by atoms with Crippen molar-refractivity contribution in [2.75, 3.05) is 11.9 Å². The van der Waals surface area contributed by atoms with E-state index in [1.807, 2.05) is 6.07 Å². The molecule has 3 aromatic carbocycles. The molecule has 142 valence electrons. The Morgan fingerprint density at radius 2 is 1.66 bits per heavy atom. The predicted molar refractivity (Wildman–Crippen MR) is 119 cm³/mol. The van der Waals surface area contributed by atoms with E-state index in [0.29, 0.717) is 0 Å². The number of hydrogen-bond acceptors (Lipinski definition) is 2. The molecule has 0 bridgehead atoms. The molecule has 0 saturated heterocycles. The summed E-state index contributed by atoms with van der Waals surface area (Å²) >= 11 is 0. The molecule has 1 aliphatic rings. The van der Waals surface area contributed by atoms with Gasteiger partial charge < -0.3 is 9.64 Å². The van der Waals surface area contributed by atoms with Gasteiger partial charge in [0.15, 0.2) is 5.75 Å². The zero-order valence-corrected chi connectivity index (χ0v) is 16.7. The number of ether oxygens (including phenoxy) is 1. The minimum Gasteiger partial charge on any atom is -0.438 e. The lowest BCUT2D eigenvalue weighted by atomic mass is 10.0. The predicted octanol–water partition coefficient (Wildman–Crippen LogP) is 5.64. The molecule has 0 atom stereocenters. The van der Waals surface area contributed by atoms with Gasteiger partial charge in [0, 0.05) is 24.6 Å². The van der Waals surface area contributed by atoms with Crippen LogP contribution in [0.4, 0.5) is 5.69 Å². The maximum Gasteiger partial charge on any atom is 0.212 e. The highest BCUT2D eigenvalue weighted by atomic mass is 16.5. The van der Waals surface area contributed by atoms with Crippen LogP contribution in [0.15, 0.2) is 90.8 Å². The van der Waals surface area contributed by atoms with E-state index in [2.05, 4.69) is 108 Å². The van der Waals surface area contributed by atoms with Crippen molar-refractivity contribution in [3.63, 3.8) is 0 Å². The van der Waals surface area contributed by atoms with Crippen LogP contribution in [0.1, 0.15) is 12.6 Å². The maximum absolute atomic E-state index is 6.20. The lowest BCUT2D eigenvalue weighted by Crippen LogP contribution is -2.37. The Labute approximate surface area is 171 Å². The van der Waals surface area contributed by atoms with E-state index >= 15 is 0 Å². The molecule has 5 rings (SSSR count). The molecule has 4 aromatic rings. The molecule has 29 heavy (non-hydrogen) atoms. The van der Waals surface area contributed by atoms with Gasteiger partial charge in [-0.2, -0.15) is 4.57 Å². The maximum atomic E-state index is 6.20. The standard InChI is InChI=1S/C26H23N2O/c1-3-28-22(15-13-20-11-7-8-12-23(20)28)18-26-27(2)24-17-21(14-16-25(24)29-26)19-9-5-4-6-10-19/h4-18H,3H2,1-2H3/q+1. The first-order chi connectivity index (χ1) is 14.2. The van der Waals surface area contributed by atoms with Crippen molar-refractivity contribution in [2.45, 2.75) is 13.5 Å². The molecule has 0 amide bonds. The third-order valence-corrected chi connectivity index (χ3v) is 5.53. The number of rotatable bonds is 3. The fraction of sp³-hybridized carbons (Fsp3) is 0.115. The molecule has 1 aliphatic heterocycles. The number of hydrogen-bond donors (Lipinski definition) is 0. The van der Waals surface area contributed by atoms with Crippen molar-refractivity contribution in [3.8, 4) is 16.9 Å². The summed E-state index contributed by atoms with van der Waals surface area (Å²) < 4.78 is 8.52. The van der Waals surface area contributed by atoms with Gasteiger partial charge in [0.25, 0.3) is 0 Å². The van der Waals surface area contributed by atoms with E-state index in [4.69, 9.17) is 4.74 Å². The number of aryl methyl sites for hydroxylation is 1. The summed E-state index contributed by atoms with van der Waals surface area (Å²) in [5.41, 5.74) is 5.84. The molecule has 2 heterocycles. The van der Waals surface area contributed by atoms with Crippen LogP contribution in [0.5, 0.6) is 5.75 Å². The minimum absolute atomic E-state index is 0.836. The van der Waals surface area contributed by atoms with Gasteiger partial charge in [0.05, 0.1) is 11.8 Å². The van der Waals surface area contributed by atoms with Crippen molar-refractivity contribution in [1.29, 1.82) is 0 Å². The average molecular weight is 379 g/mol. The Kier molecular flexibility index (Phi) is 4.28. The number of pyridine rings is 1. The SMILES string of the molecule is CC[n+]1c(/C=C2\Oc3ccc(-c4ccccc4)cc3N2C)ccc2ccccc21. The fourth-order valence-corrected chi connectivity index (χ4v) is 3.99. The van der Waals surface area contributed by atoms with E-state index in [1.54, 1.807) is 0 Å². The average Bonchev–Trinajstić information content (AvgIpc) is 3.09. The first-order valence-electron chi connectivity index (χ1n) is 9.99. The number of nitrogens with zero attached hydrogens (tertiary/aromatic N) is 2. The molecule has 3 nitrogen and oxygen atoms in total. The smallest absolute Gasteiger partial charge is 0.212 e. The normalized spacial score (nSPS) is 14.3. The van der Waals surface area contributed by atoms with Crippen LogP contribution in [0, 0.1) is 0 Å². The highest BCUT2D eigenvalue weighted by molar-refractivity contribution is 5.78. The van der Waals surface area contributed by atoms with Crippen molar-refractivity contribution < 1.29 is 9.30 Å². The Morgan fingerprint density at radius 1 is 0.862 bits per heavy atom. The van der Waals surface area contributed by atoms with E-state index < -0.39 is 0 Å². The Hall–Kier alpha value is -3.59. The molecule has 1 aromatic heterocycles. The highest BCUT2D eigenvalue weighted by Crippen LogP contribution is 2.41. The Morgan fingerprint density at radius 3 is 2.48 bits per heavy atom. The molecular formula is C26H23N2O+. The van der Waals surface area contributed by atoms with Crippen LogP contribution < -0.4 is 14.2 Å². The largest absolute Gasteiger partial charge is 0.438 e. The Bertz CT molecular complexity index is 1230. The van der Waals surface area contributed by atoms with Gasteiger partial charge in [0.2, 0.25) is 17.1 Å². The summed E-state index contributed by atoms with van der Waals surface area (Å²) in [4.78, 5) is 2.12. The third kappa shape index (κ3) is 3.05. The summed E-state index contributed by atoms with van der Waals surface area (Å²) in [6.45, 7) is 3.07. The molecule has 0 fully saturated rings. The number of fused-ring (bicyclic) bond motifs is 2. The summed E-state index contributed by atoms with van der Waals surface area (Å²) in [7, 11) is 2.06. The minimum atomic E-state index is 0.836. The van der Waals surface area contributed by atoms with E-state index in [-0.39, 0.29) is 0 Å². The van der Waals surface area contributed by atoms with Gasteiger partial charge in [-0.1, -0.05) is 48.5 Å². The summed E-state index contributed by atoms with van der Waals surface area (Å²) in [6, 6.07) is 29.6. The van der Waals surface area contributed by atoms with Gasteiger partial charge in [0.1, 0.15) is 6.54 Å². The number of para-hydroxylation sites is 1. The zero-order valence-electron chi connectivity index (χ0n) is 16.7. The molecule has 0 spiro atoms.